The first-order valence-corrected chi connectivity index (χ1v) is 4.95. The van der Waals surface area contributed by atoms with Crippen LogP contribution in [0.5, 0.6) is 0 Å². The molecule has 1 aromatic heterocycles. The maximum atomic E-state index is 9.57. The second-order valence-electron chi connectivity index (χ2n) is 2.84. The van der Waals surface area contributed by atoms with Gasteiger partial charge in [0.15, 0.2) is 5.15 Å². The van der Waals surface area contributed by atoms with Gasteiger partial charge < -0.3 is 15.9 Å². The number of halogens is 1. The largest absolute Gasteiger partial charge is 0.396 e. The van der Waals surface area contributed by atoms with Crippen LogP contribution in [0.4, 0.5) is 5.69 Å². The first-order chi connectivity index (χ1) is 6.56. The molecule has 4 N–H and O–H groups in total. The van der Waals surface area contributed by atoms with E-state index in [0.29, 0.717) is 5.56 Å². The number of aromatic nitrogens is 1. The number of hydrogen-bond acceptors (Lipinski definition) is 5. The number of nitrogen functional groups attached to an aromatic ring is 1. The Balaban J connectivity index is 2.91. The normalized spacial score (nSPS) is 15.1. The van der Waals surface area contributed by atoms with Gasteiger partial charge in [-0.25, -0.2) is 4.98 Å². The van der Waals surface area contributed by atoms with Crippen LogP contribution in [-0.4, -0.2) is 27.1 Å². The van der Waals surface area contributed by atoms with Gasteiger partial charge in [0.1, 0.15) is 6.10 Å². The lowest BCUT2D eigenvalue weighted by Gasteiger charge is -2.16. The number of aliphatic hydroxyl groups excluding tert-OH is 2. The van der Waals surface area contributed by atoms with E-state index in [1.54, 1.807) is 0 Å². The molecule has 1 heterocycles. The molecule has 0 aliphatic carbocycles. The molecule has 2 atom stereocenters. The van der Waals surface area contributed by atoms with Gasteiger partial charge in [-0.2, -0.15) is 12.6 Å². The van der Waals surface area contributed by atoms with Crippen LogP contribution in [0.2, 0.25) is 5.15 Å². The zero-order valence-corrected chi connectivity index (χ0v) is 8.91. The van der Waals surface area contributed by atoms with E-state index in [2.05, 4.69) is 17.6 Å². The summed E-state index contributed by atoms with van der Waals surface area (Å²) in [6, 6.07) is 1.48. The molecule has 0 amide bonds. The topological polar surface area (TPSA) is 79.4 Å². The van der Waals surface area contributed by atoms with Gasteiger partial charge in [0, 0.05) is 17.5 Å². The van der Waals surface area contributed by atoms with Crippen molar-refractivity contribution in [2.45, 2.75) is 12.2 Å². The fourth-order valence-corrected chi connectivity index (χ4v) is 1.27. The van der Waals surface area contributed by atoms with Gasteiger partial charge in [0.25, 0.3) is 0 Å². The molecule has 78 valence electrons. The molecule has 0 aliphatic heterocycles. The van der Waals surface area contributed by atoms with Crippen molar-refractivity contribution in [1.82, 2.24) is 4.98 Å². The molecule has 0 saturated carbocycles. The minimum Gasteiger partial charge on any atom is -0.396 e. The summed E-state index contributed by atoms with van der Waals surface area (Å²) in [7, 11) is 0. The van der Waals surface area contributed by atoms with E-state index in [4.69, 9.17) is 17.3 Å². The Hall–Kier alpha value is -0.490. The number of anilines is 1. The molecule has 0 bridgehead atoms. The van der Waals surface area contributed by atoms with E-state index in [0.717, 1.165) is 0 Å². The van der Waals surface area contributed by atoms with Crippen molar-refractivity contribution in [3.8, 4) is 0 Å². The lowest BCUT2D eigenvalue weighted by molar-refractivity contribution is 0.0336. The van der Waals surface area contributed by atoms with Gasteiger partial charge in [0.05, 0.1) is 11.8 Å². The number of nitrogens with two attached hydrogens (primary N) is 1. The summed E-state index contributed by atoms with van der Waals surface area (Å²) in [6.45, 7) is 0. The molecule has 0 spiro atoms. The molecule has 0 saturated heterocycles. The second-order valence-corrected chi connectivity index (χ2v) is 3.57. The Morgan fingerprint density at radius 1 is 1.57 bits per heavy atom. The molecule has 0 radical (unpaired) electrons. The van der Waals surface area contributed by atoms with Crippen molar-refractivity contribution in [3.05, 3.63) is 23.0 Å². The molecule has 2 unspecified atom stereocenters. The monoisotopic (exact) mass is 234 g/mol. The fraction of sp³-hybridized carbons (Fsp3) is 0.375. The van der Waals surface area contributed by atoms with Gasteiger partial charge in [-0.3, -0.25) is 0 Å². The molecule has 0 fully saturated rings. The zero-order chi connectivity index (χ0) is 10.7. The molecule has 6 heteroatoms. The van der Waals surface area contributed by atoms with Crippen LogP contribution in [0.3, 0.4) is 0 Å². The molecular weight excluding hydrogens is 224 g/mol. The first kappa shape index (κ1) is 11.6. The van der Waals surface area contributed by atoms with Crippen molar-refractivity contribution >= 4 is 29.9 Å². The number of rotatable bonds is 3. The molecule has 14 heavy (non-hydrogen) atoms. The highest BCUT2D eigenvalue weighted by molar-refractivity contribution is 7.80. The van der Waals surface area contributed by atoms with Crippen LogP contribution < -0.4 is 5.73 Å². The predicted octanol–water partition coefficient (Wildman–Crippen LogP) is 0.641. The number of aliphatic hydroxyl groups is 2. The van der Waals surface area contributed by atoms with Crippen LogP contribution in [0, 0.1) is 0 Å². The quantitative estimate of drug-likeness (QED) is 0.457. The summed E-state index contributed by atoms with van der Waals surface area (Å²) in [5.41, 5.74) is 6.19. The Bertz CT molecular complexity index is 324. The number of nitrogens with zero attached hydrogens (tertiary/aromatic N) is 1. The minimum absolute atomic E-state index is 0.156. The van der Waals surface area contributed by atoms with Gasteiger partial charge in [-0.15, -0.1) is 0 Å². The summed E-state index contributed by atoms with van der Waals surface area (Å²) in [4.78, 5) is 3.76. The zero-order valence-electron chi connectivity index (χ0n) is 7.26. The molecule has 0 aromatic carbocycles. The van der Waals surface area contributed by atoms with Crippen molar-refractivity contribution < 1.29 is 10.2 Å². The van der Waals surface area contributed by atoms with Crippen LogP contribution in [0.1, 0.15) is 11.7 Å². The van der Waals surface area contributed by atoms with Gasteiger partial charge >= 0.3 is 0 Å². The van der Waals surface area contributed by atoms with Crippen molar-refractivity contribution in [1.29, 1.82) is 0 Å². The van der Waals surface area contributed by atoms with E-state index in [-0.39, 0.29) is 16.6 Å². The Kier molecular flexibility index (Phi) is 4.00. The molecular formula is C8H11ClN2O2S. The predicted molar refractivity (Wildman–Crippen MR) is 58.5 cm³/mol. The van der Waals surface area contributed by atoms with Crippen LogP contribution in [-0.2, 0) is 0 Å². The highest BCUT2D eigenvalue weighted by atomic mass is 35.5. The highest BCUT2D eigenvalue weighted by Gasteiger charge is 2.17. The summed E-state index contributed by atoms with van der Waals surface area (Å²) in [6.07, 6.45) is -0.615. The molecule has 1 rings (SSSR count). The van der Waals surface area contributed by atoms with E-state index in [9.17, 15) is 10.2 Å². The Morgan fingerprint density at radius 3 is 2.71 bits per heavy atom. The third-order valence-electron chi connectivity index (χ3n) is 1.78. The Morgan fingerprint density at radius 2 is 2.21 bits per heavy atom. The summed E-state index contributed by atoms with van der Waals surface area (Å²) in [5, 5.41) is 19.1. The van der Waals surface area contributed by atoms with Gasteiger partial charge in [-0.1, -0.05) is 11.6 Å². The molecule has 0 aliphatic rings. The van der Waals surface area contributed by atoms with E-state index in [1.807, 2.05) is 0 Å². The summed E-state index contributed by atoms with van der Waals surface area (Å²) >= 11 is 9.47. The van der Waals surface area contributed by atoms with Crippen molar-refractivity contribution in [2.75, 3.05) is 11.5 Å². The highest BCUT2D eigenvalue weighted by Crippen LogP contribution is 2.22. The first-order valence-electron chi connectivity index (χ1n) is 3.94. The van der Waals surface area contributed by atoms with E-state index >= 15 is 0 Å². The van der Waals surface area contributed by atoms with Crippen molar-refractivity contribution in [3.63, 3.8) is 0 Å². The fourth-order valence-electron chi connectivity index (χ4n) is 0.966. The van der Waals surface area contributed by atoms with E-state index < -0.39 is 12.2 Å². The summed E-state index contributed by atoms with van der Waals surface area (Å²) in [5.74, 6) is 0.156. The average molecular weight is 235 g/mol. The standard InChI is InChI=1S/C8H11ClN2O2S/c9-8-5(10)1-4(2-11-8)7(13)6(12)3-14/h1-2,6-7,12-14H,3,10H2. The van der Waals surface area contributed by atoms with Crippen LogP contribution in [0.15, 0.2) is 12.3 Å². The third-order valence-corrected chi connectivity index (χ3v) is 2.47. The van der Waals surface area contributed by atoms with Crippen LogP contribution in [0.25, 0.3) is 0 Å². The molecule has 1 aromatic rings. The maximum Gasteiger partial charge on any atom is 0.151 e. The van der Waals surface area contributed by atoms with Gasteiger partial charge in [0.2, 0.25) is 0 Å². The second kappa shape index (κ2) is 4.84. The smallest absolute Gasteiger partial charge is 0.151 e. The number of hydrogen-bond donors (Lipinski definition) is 4. The van der Waals surface area contributed by atoms with Gasteiger partial charge in [-0.05, 0) is 6.07 Å². The third kappa shape index (κ3) is 2.51. The average Bonchev–Trinajstić information content (AvgIpc) is 2.20. The van der Waals surface area contributed by atoms with Crippen molar-refractivity contribution in [2.24, 2.45) is 0 Å². The Labute approximate surface area is 92.1 Å². The SMILES string of the molecule is Nc1cc(C(O)C(O)CS)cnc1Cl. The number of pyridine rings is 1. The summed E-state index contributed by atoms with van der Waals surface area (Å²) < 4.78 is 0. The minimum atomic E-state index is -1.04. The lowest BCUT2D eigenvalue weighted by atomic mass is 10.1. The number of thiol groups is 1. The van der Waals surface area contributed by atoms with E-state index in [1.165, 1.54) is 12.3 Å². The molecule has 4 nitrogen and oxygen atoms in total. The maximum absolute atomic E-state index is 9.57. The lowest BCUT2D eigenvalue weighted by Crippen LogP contribution is -2.20. The van der Waals surface area contributed by atoms with Crippen LogP contribution >= 0.6 is 24.2 Å².